The van der Waals surface area contributed by atoms with Gasteiger partial charge < -0.3 is 19.4 Å². The van der Waals surface area contributed by atoms with E-state index in [0.29, 0.717) is 30.3 Å². The smallest absolute Gasteiger partial charge is 0.132 e. The molecule has 0 saturated carbocycles. The summed E-state index contributed by atoms with van der Waals surface area (Å²) < 4.78 is 16.5. The minimum Gasteiger partial charge on any atom is -0.497 e. The van der Waals surface area contributed by atoms with Gasteiger partial charge in [-0.1, -0.05) is 24.2 Å². The zero-order valence-corrected chi connectivity index (χ0v) is 13.4. The molecule has 0 aliphatic carbocycles. The summed E-state index contributed by atoms with van der Waals surface area (Å²) in [4.78, 5) is 0. The van der Waals surface area contributed by atoms with Crippen molar-refractivity contribution in [3.63, 3.8) is 0 Å². The molecule has 0 unspecified atom stereocenters. The van der Waals surface area contributed by atoms with Crippen LogP contribution >= 0.6 is 0 Å². The lowest BCUT2D eigenvalue weighted by molar-refractivity contribution is 0.216. The van der Waals surface area contributed by atoms with E-state index < -0.39 is 0 Å². The highest BCUT2D eigenvalue weighted by Gasteiger charge is 2.05. The fourth-order valence-corrected chi connectivity index (χ4v) is 2.07. The maximum Gasteiger partial charge on any atom is 0.132 e. The van der Waals surface area contributed by atoms with Gasteiger partial charge in [0.05, 0.1) is 13.3 Å². The number of ether oxygens (including phenoxy) is 3. The highest BCUT2D eigenvalue weighted by atomic mass is 16.5. The molecular formula is C18H21NO4. The van der Waals surface area contributed by atoms with E-state index >= 15 is 0 Å². The van der Waals surface area contributed by atoms with Crippen LogP contribution in [-0.2, 0) is 6.42 Å². The van der Waals surface area contributed by atoms with Gasteiger partial charge in [-0.3, -0.25) is 0 Å². The number of nitrogens with zero attached hydrogens (tertiary/aromatic N) is 1. The minimum atomic E-state index is 0.370. The lowest BCUT2D eigenvalue weighted by atomic mass is 10.2. The summed E-state index contributed by atoms with van der Waals surface area (Å²) in [6.07, 6.45) is 2.33. The van der Waals surface area contributed by atoms with Crippen LogP contribution in [0.5, 0.6) is 17.2 Å². The van der Waals surface area contributed by atoms with E-state index in [0.717, 1.165) is 12.2 Å². The van der Waals surface area contributed by atoms with E-state index in [4.69, 9.17) is 19.4 Å². The van der Waals surface area contributed by atoms with E-state index in [1.165, 1.54) is 11.8 Å². The van der Waals surface area contributed by atoms with Crippen molar-refractivity contribution in [1.29, 1.82) is 0 Å². The van der Waals surface area contributed by atoms with Crippen LogP contribution in [0.2, 0.25) is 0 Å². The molecule has 0 amide bonds. The molecule has 0 aliphatic heterocycles. The second-order valence-corrected chi connectivity index (χ2v) is 4.84. The third kappa shape index (κ3) is 4.92. The number of benzene rings is 2. The summed E-state index contributed by atoms with van der Waals surface area (Å²) in [5.41, 5.74) is 1.94. The summed E-state index contributed by atoms with van der Waals surface area (Å²) in [7, 11) is 1.59. The Morgan fingerprint density at radius 3 is 2.35 bits per heavy atom. The Balaban J connectivity index is 1.89. The minimum absolute atomic E-state index is 0.370. The van der Waals surface area contributed by atoms with Gasteiger partial charge in [0.2, 0.25) is 0 Å². The van der Waals surface area contributed by atoms with Crippen LogP contribution in [0, 0.1) is 0 Å². The van der Waals surface area contributed by atoms with Gasteiger partial charge in [-0.05, 0) is 36.2 Å². The molecule has 0 radical (unpaired) electrons. The lowest BCUT2D eigenvalue weighted by Crippen LogP contribution is -2.10. The topological polar surface area (TPSA) is 60.3 Å². The summed E-state index contributed by atoms with van der Waals surface area (Å²) >= 11 is 0. The van der Waals surface area contributed by atoms with Gasteiger partial charge in [-0.25, -0.2) is 0 Å². The molecule has 2 rings (SSSR count). The molecule has 0 fully saturated rings. The van der Waals surface area contributed by atoms with E-state index in [-0.39, 0.29) is 0 Å². The fraction of sp³-hybridized carbons (Fsp3) is 0.278. The van der Waals surface area contributed by atoms with Crippen LogP contribution in [-0.4, -0.2) is 31.7 Å². The molecule has 0 atom stereocenters. The fourth-order valence-electron chi connectivity index (χ4n) is 2.07. The second kappa shape index (κ2) is 8.68. The molecule has 0 aliphatic rings. The van der Waals surface area contributed by atoms with E-state index in [9.17, 15) is 0 Å². The molecule has 0 bridgehead atoms. The molecule has 23 heavy (non-hydrogen) atoms. The SMILES string of the molecule is CCc1ccc(OCCOc2cc(OC)ccc2C=NO)cc1. The molecule has 0 saturated heterocycles. The Morgan fingerprint density at radius 2 is 1.70 bits per heavy atom. The van der Waals surface area contributed by atoms with Crippen LogP contribution in [0.3, 0.4) is 0 Å². The largest absolute Gasteiger partial charge is 0.497 e. The first-order valence-electron chi connectivity index (χ1n) is 7.46. The molecule has 1 N–H and O–H groups in total. The van der Waals surface area contributed by atoms with Gasteiger partial charge in [0.1, 0.15) is 30.5 Å². The first-order valence-corrected chi connectivity index (χ1v) is 7.46. The third-order valence-electron chi connectivity index (χ3n) is 3.36. The van der Waals surface area contributed by atoms with Crippen molar-refractivity contribution < 1.29 is 19.4 Å². The van der Waals surface area contributed by atoms with Crippen LogP contribution in [0.1, 0.15) is 18.1 Å². The van der Waals surface area contributed by atoms with Crippen molar-refractivity contribution in [1.82, 2.24) is 0 Å². The van der Waals surface area contributed by atoms with Crippen molar-refractivity contribution >= 4 is 6.21 Å². The van der Waals surface area contributed by atoms with Gasteiger partial charge in [-0.2, -0.15) is 0 Å². The molecule has 5 nitrogen and oxygen atoms in total. The summed E-state index contributed by atoms with van der Waals surface area (Å²) in [6, 6.07) is 13.3. The monoisotopic (exact) mass is 315 g/mol. The zero-order valence-electron chi connectivity index (χ0n) is 13.4. The van der Waals surface area contributed by atoms with Crippen molar-refractivity contribution in [3.05, 3.63) is 53.6 Å². The molecule has 2 aromatic carbocycles. The van der Waals surface area contributed by atoms with Crippen LogP contribution < -0.4 is 14.2 Å². The highest BCUT2D eigenvalue weighted by molar-refractivity contribution is 5.83. The molecule has 5 heteroatoms. The van der Waals surface area contributed by atoms with Crippen LogP contribution in [0.15, 0.2) is 47.6 Å². The summed E-state index contributed by atoms with van der Waals surface area (Å²) in [5.74, 6) is 2.06. The summed E-state index contributed by atoms with van der Waals surface area (Å²) in [5, 5.41) is 11.7. The maximum atomic E-state index is 8.69. The highest BCUT2D eigenvalue weighted by Crippen LogP contribution is 2.23. The first kappa shape index (κ1) is 16.7. The van der Waals surface area contributed by atoms with Crippen LogP contribution in [0.25, 0.3) is 0 Å². The standard InChI is InChI=1S/C18H21NO4/c1-3-14-4-7-16(8-5-14)22-10-11-23-18-12-17(21-2)9-6-15(18)13-19-20/h4-9,12-13,20H,3,10-11H2,1-2H3. The van der Waals surface area contributed by atoms with E-state index in [1.807, 2.05) is 24.3 Å². The number of hydrogen-bond donors (Lipinski definition) is 1. The average molecular weight is 315 g/mol. The third-order valence-corrected chi connectivity index (χ3v) is 3.36. The predicted octanol–water partition coefficient (Wildman–Crippen LogP) is 3.52. The number of oxime groups is 1. The maximum absolute atomic E-state index is 8.69. The van der Waals surface area contributed by atoms with Gasteiger partial charge in [-0.15, -0.1) is 0 Å². The van der Waals surface area contributed by atoms with Crippen molar-refractivity contribution in [2.75, 3.05) is 20.3 Å². The molecule has 0 aromatic heterocycles. The first-order chi connectivity index (χ1) is 11.3. The molecule has 122 valence electrons. The number of aryl methyl sites for hydroxylation is 1. The predicted molar refractivity (Wildman–Crippen MR) is 89.2 cm³/mol. The molecule has 2 aromatic rings. The van der Waals surface area contributed by atoms with Crippen molar-refractivity contribution in [3.8, 4) is 17.2 Å². The lowest BCUT2D eigenvalue weighted by Gasteiger charge is -2.11. The van der Waals surface area contributed by atoms with Gasteiger partial charge in [0, 0.05) is 11.6 Å². The van der Waals surface area contributed by atoms with Gasteiger partial charge in [0.25, 0.3) is 0 Å². The molecule has 0 spiro atoms. The number of methoxy groups -OCH3 is 1. The van der Waals surface area contributed by atoms with E-state index in [2.05, 4.69) is 12.1 Å². The Bertz CT molecular complexity index is 638. The Labute approximate surface area is 136 Å². The Kier molecular flexibility index (Phi) is 6.29. The second-order valence-electron chi connectivity index (χ2n) is 4.84. The zero-order chi connectivity index (χ0) is 16.5. The molecule has 0 heterocycles. The van der Waals surface area contributed by atoms with Gasteiger partial charge in [0.15, 0.2) is 0 Å². The summed E-state index contributed by atoms with van der Waals surface area (Å²) in [6.45, 7) is 2.90. The quantitative estimate of drug-likeness (QED) is 0.350. The number of rotatable bonds is 8. The Hall–Kier alpha value is -2.69. The molecular weight excluding hydrogens is 294 g/mol. The van der Waals surface area contributed by atoms with Crippen molar-refractivity contribution in [2.24, 2.45) is 5.16 Å². The Morgan fingerprint density at radius 1 is 1.00 bits per heavy atom. The average Bonchev–Trinajstić information content (AvgIpc) is 2.60. The van der Waals surface area contributed by atoms with Gasteiger partial charge >= 0.3 is 0 Å². The normalized spacial score (nSPS) is 10.7. The number of hydrogen-bond acceptors (Lipinski definition) is 5. The van der Waals surface area contributed by atoms with E-state index in [1.54, 1.807) is 25.3 Å². The van der Waals surface area contributed by atoms with Crippen LogP contribution in [0.4, 0.5) is 0 Å². The van der Waals surface area contributed by atoms with Crippen molar-refractivity contribution in [2.45, 2.75) is 13.3 Å².